The van der Waals surface area contributed by atoms with Crippen LogP contribution in [-0.4, -0.2) is 103 Å². The summed E-state index contributed by atoms with van der Waals surface area (Å²) in [5.41, 5.74) is 0. The van der Waals surface area contributed by atoms with Gasteiger partial charge in [-0.3, -0.25) is 0 Å². The molecule has 24 N–H and O–H groups in total. The molecule has 0 amide bonds. The number of phosphoric acid groups is 1. The zero-order valence-electron chi connectivity index (χ0n) is 11.6. The van der Waals surface area contributed by atoms with Gasteiger partial charge in [-0.05, 0) is 0 Å². The van der Waals surface area contributed by atoms with Gasteiger partial charge in [-0.25, -0.2) is 4.57 Å². The first-order valence-electron chi connectivity index (χ1n) is 1.35. The average molecular weight is 367 g/mol. The molecule has 0 fully saturated rings. The van der Waals surface area contributed by atoms with Crippen molar-refractivity contribution in [3.05, 3.63) is 10.1 Å². The summed E-state index contributed by atoms with van der Waals surface area (Å²) in [7, 11) is -4.64. The van der Waals surface area contributed by atoms with E-state index >= 15 is 0 Å². The minimum absolute atomic E-state index is 0. The van der Waals surface area contributed by atoms with Crippen molar-refractivity contribution >= 4 is 30.9 Å². The molecule has 0 aromatic carbocycles. The van der Waals surface area contributed by atoms with Gasteiger partial charge in [0, 0.05) is 0 Å². The predicted octanol–water partition coefficient (Wildman–Crippen LogP) is -9.68. The summed E-state index contributed by atoms with van der Waals surface area (Å²) in [5.74, 6) is 0. The van der Waals surface area contributed by atoms with Crippen molar-refractivity contribution in [1.29, 1.82) is 0 Å². The molecule has 0 bridgehead atoms. The summed E-state index contributed by atoms with van der Waals surface area (Å²) in [6.45, 7) is 0. The molecule has 0 rings (SSSR count). The molecule has 0 aliphatic carbocycles. The van der Waals surface area contributed by atoms with Crippen molar-refractivity contribution in [3.8, 4) is 0 Å². The van der Waals surface area contributed by atoms with Crippen LogP contribution in [0.2, 0.25) is 0 Å². The molecule has 0 radical (unpaired) electrons. The molecule has 140 valence electrons. The van der Waals surface area contributed by atoms with E-state index in [2.05, 4.69) is 0 Å². The van der Waals surface area contributed by atoms with Crippen LogP contribution in [0.5, 0.6) is 0 Å². The van der Waals surface area contributed by atoms with E-state index in [-0.39, 0.29) is 80.7 Å². The van der Waals surface area contributed by atoms with E-state index in [0.29, 0.717) is 0 Å². The second-order valence-corrected chi connectivity index (χ2v) is 1.78. The molecule has 0 unspecified atom stereocenters. The monoisotopic (exact) mass is 367 g/mol. The van der Waals surface area contributed by atoms with Gasteiger partial charge in [0.05, 0.1) is 0 Å². The molecular weight excluding hydrogens is 341 g/mol. The van der Waals surface area contributed by atoms with Gasteiger partial charge in [0.1, 0.15) is 0 Å². The van der Waals surface area contributed by atoms with Gasteiger partial charge in [0.25, 0.3) is 5.09 Å². The molecule has 0 saturated heterocycles. The van der Waals surface area contributed by atoms with Crippen LogP contribution in [0.3, 0.4) is 0 Å². The van der Waals surface area contributed by atoms with Crippen LogP contribution in [0, 0.1) is 10.1 Å². The first-order valence-corrected chi connectivity index (χ1v) is 2.91. The molecule has 0 saturated carbocycles. The van der Waals surface area contributed by atoms with E-state index in [4.69, 9.17) is 34.6 Å². The second-order valence-electron chi connectivity index (χ2n) is 0.751. The van der Waals surface area contributed by atoms with Crippen LogP contribution in [0.25, 0.3) is 0 Å². The zero-order valence-corrected chi connectivity index (χ0v) is 11.9. The molecule has 0 aliphatic heterocycles. The quantitative estimate of drug-likeness (QED) is 0.138. The van der Waals surface area contributed by atoms with E-state index in [1.165, 1.54) is 0 Å². The molecule has 20 heavy (non-hydrogen) atoms. The first-order chi connectivity index (χ1) is 3.73. The fourth-order valence-corrected chi connectivity index (χ4v) is 0. The van der Waals surface area contributed by atoms with Gasteiger partial charge in [0.15, 0.2) is 0 Å². The Morgan fingerprint density at radius 2 is 0.750 bits per heavy atom. The van der Waals surface area contributed by atoms with Gasteiger partial charge >= 0.3 is 30.9 Å². The van der Waals surface area contributed by atoms with Gasteiger partial charge < -0.3 is 77.5 Å². The summed E-state index contributed by atoms with van der Waals surface area (Å²) < 4.78 is 8.88. The van der Waals surface area contributed by atoms with E-state index in [9.17, 15) is 0 Å². The number of nitrogens with zero attached hydrogens (tertiary/aromatic N) is 1. The first kappa shape index (κ1) is 154. The zero-order chi connectivity index (χ0) is 8.08. The van der Waals surface area contributed by atoms with E-state index in [1.807, 2.05) is 0 Å². The standard InChI is InChI=1S/Mg.HNO3.H3O4P.10H2O.2H/c;2-1(3)4;1-5(2,3)4;;;;;;;;;;;;/h;(H,2,3,4);(H3,1,2,3,4);10*1H2;;/q+2;;;;;;;;;;;;;2*-1. The molecule has 0 spiro atoms. The van der Waals surface area contributed by atoms with Crippen LogP contribution < -0.4 is 0 Å². The van der Waals surface area contributed by atoms with Gasteiger partial charge in [0.2, 0.25) is 0 Å². The summed E-state index contributed by atoms with van der Waals surface area (Å²) >= 11 is 0. The van der Waals surface area contributed by atoms with Crippen LogP contribution >= 0.6 is 7.82 Å². The maximum absolute atomic E-state index is 8.88. The summed E-state index contributed by atoms with van der Waals surface area (Å²) in [6, 6.07) is 0. The van der Waals surface area contributed by atoms with Crippen molar-refractivity contribution in [2.45, 2.75) is 0 Å². The number of hydrogen-bond donors (Lipinski definition) is 4. The van der Waals surface area contributed by atoms with Crippen molar-refractivity contribution in [2.24, 2.45) is 0 Å². The maximum Gasteiger partial charge on any atom is 2.00 e. The molecule has 0 atom stereocenters. The van der Waals surface area contributed by atoms with Gasteiger partial charge in [-0.2, -0.15) is 0 Å². The molecule has 0 aromatic heterocycles. The number of rotatable bonds is 0. The minimum Gasteiger partial charge on any atom is -1.00 e. The summed E-state index contributed by atoms with van der Waals surface area (Å²) in [4.78, 5) is 29.9. The fourth-order valence-electron chi connectivity index (χ4n) is 0. The second kappa shape index (κ2) is 77.5. The Morgan fingerprint density at radius 1 is 0.750 bits per heavy atom. The Morgan fingerprint density at radius 3 is 0.750 bits per heavy atom. The van der Waals surface area contributed by atoms with Crippen LogP contribution in [-0.2, 0) is 4.57 Å². The van der Waals surface area contributed by atoms with Crippen LogP contribution in [0.1, 0.15) is 2.85 Å². The molecule has 18 nitrogen and oxygen atoms in total. The smallest absolute Gasteiger partial charge is 1.00 e. The van der Waals surface area contributed by atoms with Crippen LogP contribution in [0.15, 0.2) is 0 Å². The minimum atomic E-state index is -4.64. The molecule has 20 heteroatoms. The summed E-state index contributed by atoms with van der Waals surface area (Å²) in [5, 5.41) is 13.6. The Bertz CT molecular complexity index is 126. The molecule has 0 aromatic rings. The fraction of sp³-hybridized carbons (Fsp3) is 0. The number of hydrogen-bond acceptors (Lipinski definition) is 3. The maximum atomic E-state index is 8.88. The summed E-state index contributed by atoms with van der Waals surface area (Å²) in [6.07, 6.45) is 0. The van der Waals surface area contributed by atoms with Crippen molar-refractivity contribution in [3.63, 3.8) is 0 Å². The van der Waals surface area contributed by atoms with Gasteiger partial charge in [-0.15, -0.1) is 10.1 Å². The Balaban J connectivity index is -0.00000000216. The van der Waals surface area contributed by atoms with Crippen LogP contribution in [0.4, 0.5) is 0 Å². The molecule has 0 aliphatic rings. The predicted molar refractivity (Wildman–Crippen MR) is 67.2 cm³/mol. The Kier molecular flexibility index (Phi) is 597. The Labute approximate surface area is 129 Å². The SMILES string of the molecule is O.O.O.O.O.O.O.O.O.O.O=P(O)(O)O.O=[N+]([O-])O.[H-].[H-].[Mg+2]. The van der Waals surface area contributed by atoms with Gasteiger partial charge in [-0.1, -0.05) is 0 Å². The third-order valence-electron chi connectivity index (χ3n) is 0. The van der Waals surface area contributed by atoms with Crippen molar-refractivity contribution in [1.82, 2.24) is 0 Å². The van der Waals surface area contributed by atoms with E-state index < -0.39 is 12.9 Å². The average Bonchev–Trinajstić information content (AvgIpc) is 1.19. The normalized spacial score (nSPS) is 4.15. The third-order valence-corrected chi connectivity index (χ3v) is 0. The third kappa shape index (κ3) is 46900. The Hall–Kier alpha value is -0.324. The van der Waals surface area contributed by atoms with E-state index in [0.717, 1.165) is 0 Å². The molecular formula is H26MgNO17P. The van der Waals surface area contributed by atoms with Crippen molar-refractivity contribution < 1.29 is 87.2 Å². The molecule has 0 heterocycles. The van der Waals surface area contributed by atoms with E-state index in [1.54, 1.807) is 0 Å². The topological polar surface area (TPSA) is 456 Å². The largest absolute Gasteiger partial charge is 2.00 e. The van der Waals surface area contributed by atoms with Crippen molar-refractivity contribution in [2.75, 3.05) is 0 Å².